The SMILES string of the molecule is COc1ccc(N2C(=O)C(=O)/C(=C(/O)c3ccc(F)cc3)C2c2ccc(N(C)C)cc2)cc1Cl. The number of carbonyl (C=O) groups is 2. The number of methoxy groups -OCH3 is 1. The van der Waals surface area contributed by atoms with Gasteiger partial charge in [0.05, 0.1) is 23.7 Å². The molecule has 0 aromatic heterocycles. The number of ether oxygens (including phenoxy) is 1. The second-order valence-electron chi connectivity index (χ2n) is 7.98. The number of aliphatic hydroxyl groups is 1. The number of halogens is 2. The van der Waals surface area contributed by atoms with E-state index in [-0.39, 0.29) is 21.9 Å². The van der Waals surface area contributed by atoms with Gasteiger partial charge in [0.1, 0.15) is 17.3 Å². The average molecular weight is 481 g/mol. The van der Waals surface area contributed by atoms with Gasteiger partial charge < -0.3 is 14.7 Å². The van der Waals surface area contributed by atoms with E-state index >= 15 is 0 Å². The molecule has 0 radical (unpaired) electrons. The monoisotopic (exact) mass is 480 g/mol. The Kier molecular flexibility index (Phi) is 6.30. The van der Waals surface area contributed by atoms with Crippen LogP contribution in [-0.2, 0) is 9.59 Å². The summed E-state index contributed by atoms with van der Waals surface area (Å²) in [7, 11) is 5.27. The number of Topliss-reactive ketones (excluding diaryl/α,β-unsaturated/α-hetero) is 1. The van der Waals surface area contributed by atoms with Crippen LogP contribution >= 0.6 is 11.6 Å². The number of nitrogens with zero attached hydrogens (tertiary/aromatic N) is 2. The highest BCUT2D eigenvalue weighted by molar-refractivity contribution is 6.51. The Labute approximate surface area is 201 Å². The maximum Gasteiger partial charge on any atom is 0.300 e. The smallest absolute Gasteiger partial charge is 0.300 e. The van der Waals surface area contributed by atoms with Crippen LogP contribution < -0.4 is 14.5 Å². The number of ketones is 1. The van der Waals surface area contributed by atoms with E-state index in [1.807, 2.05) is 31.1 Å². The number of benzene rings is 3. The molecule has 1 atom stereocenters. The highest BCUT2D eigenvalue weighted by Gasteiger charge is 2.47. The van der Waals surface area contributed by atoms with Crippen LogP contribution in [0.3, 0.4) is 0 Å². The molecule has 1 N–H and O–H groups in total. The van der Waals surface area contributed by atoms with Gasteiger partial charge in [-0.05, 0) is 60.2 Å². The molecule has 0 saturated carbocycles. The molecule has 3 aromatic rings. The summed E-state index contributed by atoms with van der Waals surface area (Å²) in [5.41, 5.74) is 2.03. The minimum Gasteiger partial charge on any atom is -0.507 e. The van der Waals surface area contributed by atoms with E-state index in [1.165, 1.54) is 42.3 Å². The van der Waals surface area contributed by atoms with Crippen LogP contribution in [-0.4, -0.2) is 38.0 Å². The summed E-state index contributed by atoms with van der Waals surface area (Å²) < 4.78 is 18.6. The first-order valence-electron chi connectivity index (χ1n) is 10.4. The molecule has 3 aromatic carbocycles. The molecular weight excluding hydrogens is 459 g/mol. The number of rotatable bonds is 5. The van der Waals surface area contributed by atoms with Crippen molar-refractivity contribution in [2.45, 2.75) is 6.04 Å². The third-order valence-electron chi connectivity index (χ3n) is 5.70. The van der Waals surface area contributed by atoms with Crippen molar-refractivity contribution in [1.82, 2.24) is 0 Å². The number of hydrogen-bond donors (Lipinski definition) is 1. The second kappa shape index (κ2) is 9.19. The van der Waals surface area contributed by atoms with E-state index in [0.717, 1.165) is 5.69 Å². The summed E-state index contributed by atoms with van der Waals surface area (Å²) >= 11 is 6.30. The molecule has 1 unspecified atom stereocenters. The largest absolute Gasteiger partial charge is 0.507 e. The van der Waals surface area contributed by atoms with Gasteiger partial charge in [-0.3, -0.25) is 14.5 Å². The zero-order chi connectivity index (χ0) is 24.6. The summed E-state index contributed by atoms with van der Waals surface area (Å²) in [6, 6.07) is 16.2. The maximum atomic E-state index is 13.4. The zero-order valence-corrected chi connectivity index (χ0v) is 19.5. The van der Waals surface area contributed by atoms with Crippen LogP contribution in [0.1, 0.15) is 17.2 Å². The molecule has 0 bridgehead atoms. The van der Waals surface area contributed by atoms with E-state index in [1.54, 1.807) is 24.3 Å². The van der Waals surface area contributed by atoms with Crippen LogP contribution in [0.5, 0.6) is 5.75 Å². The predicted octanol–water partition coefficient (Wildman–Crippen LogP) is 5.18. The van der Waals surface area contributed by atoms with Crippen LogP contribution in [0.2, 0.25) is 5.02 Å². The Bertz CT molecular complexity index is 1290. The minimum atomic E-state index is -0.925. The van der Waals surface area contributed by atoms with E-state index in [9.17, 15) is 19.1 Å². The van der Waals surface area contributed by atoms with Gasteiger partial charge in [-0.25, -0.2) is 4.39 Å². The molecule has 1 aliphatic rings. The first kappa shape index (κ1) is 23.3. The molecular formula is C26H22ClFN2O4. The van der Waals surface area contributed by atoms with E-state index in [4.69, 9.17) is 16.3 Å². The molecule has 1 fully saturated rings. The number of carbonyl (C=O) groups excluding carboxylic acids is 2. The summed E-state index contributed by atoms with van der Waals surface area (Å²) in [4.78, 5) is 29.6. The van der Waals surface area contributed by atoms with Crippen molar-refractivity contribution < 1.29 is 23.8 Å². The van der Waals surface area contributed by atoms with Gasteiger partial charge in [-0.1, -0.05) is 23.7 Å². The fraction of sp³-hybridized carbons (Fsp3) is 0.154. The first-order valence-corrected chi connectivity index (χ1v) is 10.8. The Hall–Kier alpha value is -3.84. The third-order valence-corrected chi connectivity index (χ3v) is 6.00. The lowest BCUT2D eigenvalue weighted by Crippen LogP contribution is -2.29. The van der Waals surface area contributed by atoms with E-state index in [2.05, 4.69) is 0 Å². The summed E-state index contributed by atoms with van der Waals surface area (Å²) in [5.74, 6) is -2.12. The van der Waals surface area contributed by atoms with Crippen LogP contribution in [0.4, 0.5) is 15.8 Å². The van der Waals surface area contributed by atoms with Gasteiger partial charge in [0.15, 0.2) is 0 Å². The average Bonchev–Trinajstić information content (AvgIpc) is 3.09. The second-order valence-corrected chi connectivity index (χ2v) is 8.39. The zero-order valence-electron chi connectivity index (χ0n) is 18.8. The minimum absolute atomic E-state index is 0.0962. The van der Waals surface area contributed by atoms with Crippen molar-refractivity contribution in [3.05, 3.63) is 94.3 Å². The molecule has 1 aliphatic heterocycles. The van der Waals surface area contributed by atoms with Gasteiger partial charge in [0.25, 0.3) is 11.7 Å². The predicted molar refractivity (Wildman–Crippen MR) is 130 cm³/mol. The highest BCUT2D eigenvalue weighted by Crippen LogP contribution is 2.43. The lowest BCUT2D eigenvalue weighted by Gasteiger charge is -2.26. The molecule has 0 spiro atoms. The van der Waals surface area contributed by atoms with Crippen molar-refractivity contribution in [3.63, 3.8) is 0 Å². The Balaban J connectivity index is 1.92. The number of hydrogen-bond acceptors (Lipinski definition) is 5. The van der Waals surface area contributed by atoms with Crippen LogP contribution in [0.15, 0.2) is 72.3 Å². The fourth-order valence-electron chi connectivity index (χ4n) is 3.94. The van der Waals surface area contributed by atoms with Gasteiger partial charge in [0, 0.05) is 31.0 Å². The number of aliphatic hydroxyl groups excluding tert-OH is 1. The van der Waals surface area contributed by atoms with Gasteiger partial charge in [-0.15, -0.1) is 0 Å². The van der Waals surface area contributed by atoms with Crippen molar-refractivity contribution in [2.75, 3.05) is 31.0 Å². The molecule has 1 amide bonds. The fourth-order valence-corrected chi connectivity index (χ4v) is 4.19. The van der Waals surface area contributed by atoms with Gasteiger partial charge >= 0.3 is 0 Å². The molecule has 34 heavy (non-hydrogen) atoms. The maximum absolute atomic E-state index is 13.4. The lowest BCUT2D eigenvalue weighted by molar-refractivity contribution is -0.132. The molecule has 1 heterocycles. The molecule has 1 saturated heterocycles. The third kappa shape index (κ3) is 4.10. The number of amides is 1. The number of anilines is 2. The normalized spacial score (nSPS) is 17.2. The Morgan fingerprint density at radius 1 is 1.03 bits per heavy atom. The molecule has 174 valence electrons. The van der Waals surface area contributed by atoms with E-state index in [0.29, 0.717) is 17.0 Å². The lowest BCUT2D eigenvalue weighted by atomic mass is 9.95. The van der Waals surface area contributed by atoms with Gasteiger partial charge in [-0.2, -0.15) is 0 Å². The standard InChI is InChI=1S/C26H22ClFN2O4/c1-29(2)18-10-6-15(7-11-18)23-22(24(31)16-4-8-17(28)9-5-16)25(32)26(33)30(23)19-12-13-21(34-3)20(27)14-19/h4-14,23,31H,1-3H3/b24-22+. The Morgan fingerprint density at radius 3 is 2.24 bits per heavy atom. The quantitative estimate of drug-likeness (QED) is 0.309. The summed E-state index contributed by atoms with van der Waals surface area (Å²) in [6.45, 7) is 0. The molecule has 4 rings (SSSR count). The van der Waals surface area contributed by atoms with Crippen molar-refractivity contribution in [2.24, 2.45) is 0 Å². The Morgan fingerprint density at radius 2 is 1.68 bits per heavy atom. The van der Waals surface area contributed by atoms with Crippen LogP contribution in [0.25, 0.3) is 5.76 Å². The van der Waals surface area contributed by atoms with Crippen molar-refractivity contribution >= 4 is 40.4 Å². The van der Waals surface area contributed by atoms with Crippen molar-refractivity contribution in [1.29, 1.82) is 0 Å². The van der Waals surface area contributed by atoms with Gasteiger partial charge in [0.2, 0.25) is 0 Å². The molecule has 0 aliphatic carbocycles. The molecule has 8 heteroatoms. The molecule has 6 nitrogen and oxygen atoms in total. The van der Waals surface area contributed by atoms with Crippen LogP contribution in [0, 0.1) is 5.82 Å². The first-order chi connectivity index (χ1) is 16.2. The topological polar surface area (TPSA) is 70.1 Å². The highest BCUT2D eigenvalue weighted by atomic mass is 35.5. The summed E-state index contributed by atoms with van der Waals surface area (Å²) in [6.07, 6.45) is 0. The van der Waals surface area contributed by atoms with Crippen molar-refractivity contribution in [3.8, 4) is 5.75 Å². The summed E-state index contributed by atoms with van der Waals surface area (Å²) in [5, 5.41) is 11.3. The van der Waals surface area contributed by atoms with E-state index < -0.39 is 23.5 Å².